The second-order valence-electron chi connectivity index (χ2n) is 2.72. The van der Waals surface area contributed by atoms with E-state index in [9.17, 15) is 4.79 Å². The summed E-state index contributed by atoms with van der Waals surface area (Å²) in [5.41, 5.74) is 0.639. The van der Waals surface area contributed by atoms with Gasteiger partial charge in [-0.15, -0.1) is 22.9 Å². The van der Waals surface area contributed by atoms with Crippen LogP contribution in [-0.4, -0.2) is 9.97 Å². The number of hydrogen-bond donors (Lipinski definition) is 1. The quantitative estimate of drug-likeness (QED) is 0.739. The molecule has 0 radical (unpaired) electrons. The zero-order valence-corrected chi connectivity index (χ0v) is 8.50. The standard InChI is InChI=1S/C8H7ClN2OS/c1-4-2-5-7(13-4)8(12)11-6(3-9)10-5/h2H,3H2,1H3,(H,10,11,12). The molecule has 1 N–H and O–H groups in total. The summed E-state index contributed by atoms with van der Waals surface area (Å²) in [6, 6.07) is 1.89. The first kappa shape index (κ1) is 8.72. The third kappa shape index (κ3) is 1.47. The van der Waals surface area contributed by atoms with Gasteiger partial charge in [-0.1, -0.05) is 0 Å². The second kappa shape index (κ2) is 3.12. The van der Waals surface area contributed by atoms with Crippen LogP contribution in [0, 0.1) is 6.92 Å². The Morgan fingerprint density at radius 2 is 2.46 bits per heavy atom. The fraction of sp³-hybridized carbons (Fsp3) is 0.250. The average molecular weight is 215 g/mol. The van der Waals surface area contributed by atoms with Gasteiger partial charge in [-0.3, -0.25) is 4.79 Å². The molecule has 0 fully saturated rings. The third-order valence-electron chi connectivity index (χ3n) is 1.68. The number of aromatic amines is 1. The molecule has 0 aromatic carbocycles. The van der Waals surface area contributed by atoms with Crippen LogP contribution in [0.1, 0.15) is 10.7 Å². The molecule has 0 aliphatic carbocycles. The number of alkyl halides is 1. The molecule has 13 heavy (non-hydrogen) atoms. The number of fused-ring (bicyclic) bond motifs is 1. The van der Waals surface area contributed by atoms with Gasteiger partial charge in [-0.2, -0.15) is 0 Å². The minimum absolute atomic E-state index is 0.0984. The van der Waals surface area contributed by atoms with Gasteiger partial charge in [0.1, 0.15) is 10.5 Å². The van der Waals surface area contributed by atoms with Gasteiger partial charge in [0.2, 0.25) is 0 Å². The number of nitrogens with zero attached hydrogens (tertiary/aromatic N) is 1. The van der Waals surface area contributed by atoms with Crippen LogP contribution in [0.15, 0.2) is 10.9 Å². The number of H-pyrrole nitrogens is 1. The highest BCUT2D eigenvalue weighted by Crippen LogP contribution is 2.19. The Bertz CT molecular complexity index is 502. The molecule has 0 amide bonds. The van der Waals surface area contributed by atoms with Crippen molar-refractivity contribution in [3.63, 3.8) is 0 Å². The van der Waals surface area contributed by atoms with E-state index in [1.54, 1.807) is 0 Å². The summed E-state index contributed by atoms with van der Waals surface area (Å²) < 4.78 is 0.673. The molecule has 0 aliphatic rings. The van der Waals surface area contributed by atoms with E-state index in [0.29, 0.717) is 10.5 Å². The minimum atomic E-state index is -0.0984. The van der Waals surface area contributed by atoms with Crippen molar-refractivity contribution in [2.24, 2.45) is 0 Å². The number of thiophene rings is 1. The Hall–Kier alpha value is -0.870. The van der Waals surface area contributed by atoms with E-state index in [1.807, 2.05) is 13.0 Å². The van der Waals surface area contributed by atoms with Gasteiger partial charge in [0, 0.05) is 4.88 Å². The second-order valence-corrected chi connectivity index (χ2v) is 4.24. The van der Waals surface area contributed by atoms with Crippen molar-refractivity contribution in [3.05, 3.63) is 27.1 Å². The van der Waals surface area contributed by atoms with Crippen molar-refractivity contribution in [1.82, 2.24) is 9.97 Å². The molecule has 0 saturated carbocycles. The smallest absolute Gasteiger partial charge is 0.268 e. The van der Waals surface area contributed by atoms with Crippen LogP contribution in [-0.2, 0) is 5.88 Å². The summed E-state index contributed by atoms with van der Waals surface area (Å²) in [6.07, 6.45) is 0. The largest absolute Gasteiger partial charge is 0.308 e. The number of hydrogen-bond acceptors (Lipinski definition) is 3. The molecule has 3 nitrogen and oxygen atoms in total. The summed E-state index contributed by atoms with van der Waals surface area (Å²) in [6.45, 7) is 1.95. The molecule has 5 heteroatoms. The van der Waals surface area contributed by atoms with Crippen LogP contribution >= 0.6 is 22.9 Å². The maximum atomic E-state index is 11.4. The van der Waals surface area contributed by atoms with Gasteiger partial charge in [-0.25, -0.2) is 4.98 Å². The molecular weight excluding hydrogens is 208 g/mol. The van der Waals surface area contributed by atoms with E-state index in [-0.39, 0.29) is 11.4 Å². The van der Waals surface area contributed by atoms with E-state index in [4.69, 9.17) is 11.6 Å². The number of halogens is 1. The lowest BCUT2D eigenvalue weighted by Gasteiger charge is -1.93. The fourth-order valence-electron chi connectivity index (χ4n) is 1.17. The highest BCUT2D eigenvalue weighted by atomic mass is 35.5. The summed E-state index contributed by atoms with van der Waals surface area (Å²) in [7, 11) is 0. The molecule has 0 spiro atoms. The summed E-state index contributed by atoms with van der Waals surface area (Å²) in [5, 5.41) is 0. The van der Waals surface area contributed by atoms with Gasteiger partial charge in [0.05, 0.1) is 11.4 Å². The zero-order valence-electron chi connectivity index (χ0n) is 6.93. The normalized spacial score (nSPS) is 10.9. The fourth-order valence-corrected chi connectivity index (χ4v) is 2.14. The van der Waals surface area contributed by atoms with Gasteiger partial charge >= 0.3 is 0 Å². The Morgan fingerprint density at radius 3 is 3.15 bits per heavy atom. The van der Waals surface area contributed by atoms with Crippen molar-refractivity contribution in [1.29, 1.82) is 0 Å². The maximum absolute atomic E-state index is 11.4. The molecule has 0 saturated heterocycles. The van der Waals surface area contributed by atoms with Crippen molar-refractivity contribution >= 4 is 33.2 Å². The van der Waals surface area contributed by atoms with E-state index in [1.165, 1.54) is 11.3 Å². The first-order valence-electron chi connectivity index (χ1n) is 3.76. The third-order valence-corrected chi connectivity index (χ3v) is 2.97. The number of aromatic nitrogens is 2. The number of aryl methyl sites for hydroxylation is 1. The van der Waals surface area contributed by atoms with E-state index < -0.39 is 0 Å². The lowest BCUT2D eigenvalue weighted by Crippen LogP contribution is -2.08. The minimum Gasteiger partial charge on any atom is -0.308 e. The first-order chi connectivity index (χ1) is 6.20. The van der Waals surface area contributed by atoms with Gasteiger partial charge in [0.25, 0.3) is 5.56 Å². The Labute approximate surface area is 83.4 Å². The predicted octanol–water partition coefficient (Wildman–Crippen LogP) is 2.03. The Kier molecular flexibility index (Phi) is 2.09. The molecule has 0 unspecified atom stereocenters. The van der Waals surface area contributed by atoms with Crippen LogP contribution in [0.4, 0.5) is 0 Å². The molecule has 68 valence electrons. The van der Waals surface area contributed by atoms with Crippen molar-refractivity contribution in [2.75, 3.05) is 0 Å². The molecule has 0 aliphatic heterocycles. The molecule has 2 rings (SSSR count). The first-order valence-corrected chi connectivity index (χ1v) is 5.11. The van der Waals surface area contributed by atoms with Crippen LogP contribution in [0.3, 0.4) is 0 Å². The molecule has 2 aromatic heterocycles. The van der Waals surface area contributed by atoms with Crippen LogP contribution in [0.5, 0.6) is 0 Å². The number of rotatable bonds is 1. The highest BCUT2D eigenvalue weighted by Gasteiger charge is 2.05. The van der Waals surface area contributed by atoms with Gasteiger partial charge in [0.15, 0.2) is 0 Å². The summed E-state index contributed by atoms with van der Waals surface area (Å²) in [5.74, 6) is 0.761. The van der Waals surface area contributed by atoms with Crippen LogP contribution < -0.4 is 5.56 Å². The van der Waals surface area contributed by atoms with E-state index >= 15 is 0 Å². The maximum Gasteiger partial charge on any atom is 0.268 e. The predicted molar refractivity (Wildman–Crippen MR) is 54.5 cm³/mol. The van der Waals surface area contributed by atoms with Crippen LogP contribution in [0.2, 0.25) is 0 Å². The summed E-state index contributed by atoms with van der Waals surface area (Å²) >= 11 is 7.03. The molecular formula is C8H7ClN2OS. The number of nitrogens with one attached hydrogen (secondary N) is 1. The van der Waals surface area contributed by atoms with Crippen LogP contribution in [0.25, 0.3) is 10.2 Å². The van der Waals surface area contributed by atoms with E-state index in [0.717, 1.165) is 10.4 Å². The Morgan fingerprint density at radius 1 is 1.69 bits per heavy atom. The van der Waals surface area contributed by atoms with Gasteiger partial charge in [-0.05, 0) is 13.0 Å². The van der Waals surface area contributed by atoms with Gasteiger partial charge < -0.3 is 4.98 Å². The molecule has 2 aromatic rings. The highest BCUT2D eigenvalue weighted by molar-refractivity contribution is 7.18. The lowest BCUT2D eigenvalue weighted by atomic mass is 10.4. The molecule has 0 atom stereocenters. The Balaban J connectivity index is 2.83. The molecule has 2 heterocycles. The molecule has 0 bridgehead atoms. The topological polar surface area (TPSA) is 45.8 Å². The van der Waals surface area contributed by atoms with E-state index in [2.05, 4.69) is 9.97 Å². The van der Waals surface area contributed by atoms with Crippen molar-refractivity contribution < 1.29 is 0 Å². The van der Waals surface area contributed by atoms with Crippen molar-refractivity contribution in [2.45, 2.75) is 12.8 Å². The SMILES string of the molecule is Cc1cc2nc(CCl)[nH]c(=O)c2s1. The monoisotopic (exact) mass is 214 g/mol. The zero-order chi connectivity index (χ0) is 9.42. The van der Waals surface area contributed by atoms with Crippen molar-refractivity contribution in [3.8, 4) is 0 Å². The lowest BCUT2D eigenvalue weighted by molar-refractivity contribution is 1.04. The average Bonchev–Trinajstić information content (AvgIpc) is 2.46. The summed E-state index contributed by atoms with van der Waals surface area (Å²) in [4.78, 5) is 19.3.